The number of aliphatic carboxylic acids is 1. The van der Waals surface area contributed by atoms with Gasteiger partial charge in [0, 0.05) is 20.4 Å². The van der Waals surface area contributed by atoms with Gasteiger partial charge >= 0.3 is 24.1 Å². The smallest absolute Gasteiger partial charge is 0.480 e. The number of nitrogens with one attached hydrogen (secondary N) is 1. The van der Waals surface area contributed by atoms with E-state index in [2.05, 4.69) is 5.32 Å². The van der Waals surface area contributed by atoms with Crippen molar-refractivity contribution in [2.75, 3.05) is 13.2 Å². The van der Waals surface area contributed by atoms with Gasteiger partial charge in [0.2, 0.25) is 0 Å². The van der Waals surface area contributed by atoms with Crippen LogP contribution in [0.15, 0.2) is 18.2 Å². The molecule has 0 saturated carbocycles. The van der Waals surface area contributed by atoms with E-state index in [4.69, 9.17) is 18.9 Å². The molecule has 0 spiro atoms. The van der Waals surface area contributed by atoms with Gasteiger partial charge in [0.05, 0.1) is 6.61 Å². The van der Waals surface area contributed by atoms with Crippen molar-refractivity contribution in [2.45, 2.75) is 53.2 Å². The molecule has 0 saturated heterocycles. The van der Waals surface area contributed by atoms with Crippen molar-refractivity contribution in [3.8, 4) is 11.5 Å². The number of benzene rings is 1. The summed E-state index contributed by atoms with van der Waals surface area (Å²) in [4.78, 5) is 45.8. The summed E-state index contributed by atoms with van der Waals surface area (Å²) < 4.78 is 20.1. The highest BCUT2D eigenvalue weighted by Gasteiger charge is 2.21. The van der Waals surface area contributed by atoms with E-state index in [1.165, 1.54) is 26.0 Å². The van der Waals surface area contributed by atoms with E-state index in [1.807, 2.05) is 13.8 Å². The number of esters is 2. The summed E-state index contributed by atoms with van der Waals surface area (Å²) in [6.07, 6.45) is -1.40. The number of ether oxygens (including phenoxy) is 4. The molecule has 1 unspecified atom stereocenters. The molecule has 0 radical (unpaired) electrons. The molecule has 0 aliphatic carbocycles. The van der Waals surface area contributed by atoms with Crippen molar-refractivity contribution in [3.63, 3.8) is 0 Å². The van der Waals surface area contributed by atoms with Crippen LogP contribution in [0.2, 0.25) is 0 Å². The first-order chi connectivity index (χ1) is 14.5. The van der Waals surface area contributed by atoms with Crippen molar-refractivity contribution >= 4 is 24.1 Å². The molecule has 1 rings (SSSR count). The van der Waals surface area contributed by atoms with Crippen LogP contribution in [0, 0.1) is 5.92 Å². The summed E-state index contributed by atoms with van der Waals surface area (Å²) in [5, 5.41) is 12.3. The average Bonchev–Trinajstić information content (AvgIpc) is 2.64. The van der Waals surface area contributed by atoms with Gasteiger partial charge < -0.3 is 29.4 Å². The fourth-order valence-corrected chi connectivity index (χ4v) is 2.42. The molecule has 10 heteroatoms. The zero-order valence-corrected chi connectivity index (χ0v) is 18.3. The van der Waals surface area contributed by atoms with Crippen LogP contribution in [-0.2, 0) is 30.3 Å². The first-order valence-electron chi connectivity index (χ1n) is 9.77. The third kappa shape index (κ3) is 10.4. The lowest BCUT2D eigenvalue weighted by molar-refractivity contribution is -0.139. The van der Waals surface area contributed by atoms with Gasteiger partial charge in [0.25, 0.3) is 0 Å². The van der Waals surface area contributed by atoms with E-state index in [1.54, 1.807) is 13.0 Å². The van der Waals surface area contributed by atoms with E-state index in [0.717, 1.165) is 0 Å². The molecule has 0 aliphatic rings. The minimum absolute atomic E-state index is 0.00828. The van der Waals surface area contributed by atoms with Gasteiger partial charge in [0.1, 0.15) is 12.1 Å². The molecule has 0 heterocycles. The van der Waals surface area contributed by atoms with Crippen LogP contribution < -0.4 is 14.8 Å². The molecule has 0 fully saturated rings. The van der Waals surface area contributed by atoms with Gasteiger partial charge in [-0.05, 0) is 37.0 Å². The van der Waals surface area contributed by atoms with Gasteiger partial charge in [-0.1, -0.05) is 19.9 Å². The van der Waals surface area contributed by atoms with E-state index in [0.29, 0.717) is 5.56 Å². The largest absolute Gasteiger partial charge is 0.508 e. The fraction of sp³-hybridized carbons (Fsp3) is 0.524. The monoisotopic (exact) mass is 439 g/mol. The number of carbonyl (C=O) groups excluding carboxylic acids is 3. The molecular formula is C21H29NO9. The van der Waals surface area contributed by atoms with Crippen molar-refractivity contribution in [1.82, 2.24) is 5.32 Å². The summed E-state index contributed by atoms with van der Waals surface area (Å²) in [6, 6.07) is 3.40. The molecule has 1 aromatic rings. The number of hydrogen-bond acceptors (Lipinski definition) is 9. The third-order valence-electron chi connectivity index (χ3n) is 3.74. The SMILES string of the molecule is CC(=O)Oc1ccc(C[C@H](NCC(C)OC(=O)OCC(C)C)C(=O)O)cc1OC(C)=O. The van der Waals surface area contributed by atoms with Gasteiger partial charge in [-0.25, -0.2) is 4.79 Å². The number of carboxylic acid groups (broad SMARTS) is 1. The minimum Gasteiger partial charge on any atom is -0.480 e. The third-order valence-corrected chi connectivity index (χ3v) is 3.74. The van der Waals surface area contributed by atoms with Crippen molar-refractivity contribution in [2.24, 2.45) is 5.92 Å². The van der Waals surface area contributed by atoms with E-state index >= 15 is 0 Å². The molecule has 0 amide bonds. The van der Waals surface area contributed by atoms with Crippen LogP contribution in [0.5, 0.6) is 11.5 Å². The molecule has 1 aromatic carbocycles. The highest BCUT2D eigenvalue weighted by molar-refractivity contribution is 5.75. The van der Waals surface area contributed by atoms with Crippen molar-refractivity contribution < 1.29 is 43.2 Å². The topological polar surface area (TPSA) is 137 Å². The molecule has 172 valence electrons. The maximum Gasteiger partial charge on any atom is 0.508 e. The van der Waals surface area contributed by atoms with Crippen molar-refractivity contribution in [1.29, 1.82) is 0 Å². The number of rotatable bonds is 11. The van der Waals surface area contributed by atoms with Gasteiger partial charge in [-0.3, -0.25) is 14.4 Å². The Morgan fingerprint density at radius 1 is 1.00 bits per heavy atom. The summed E-state index contributed by atoms with van der Waals surface area (Å²) in [5.74, 6) is -2.10. The summed E-state index contributed by atoms with van der Waals surface area (Å²) in [6.45, 7) is 8.09. The molecule has 2 N–H and O–H groups in total. The van der Waals surface area contributed by atoms with Crippen LogP contribution in [0.3, 0.4) is 0 Å². The average molecular weight is 439 g/mol. The van der Waals surface area contributed by atoms with Gasteiger partial charge in [-0.2, -0.15) is 0 Å². The molecule has 2 atom stereocenters. The Morgan fingerprint density at radius 2 is 1.61 bits per heavy atom. The zero-order valence-electron chi connectivity index (χ0n) is 18.3. The van der Waals surface area contributed by atoms with Crippen LogP contribution >= 0.6 is 0 Å². The predicted octanol–water partition coefficient (Wildman–Crippen LogP) is 2.32. The Morgan fingerprint density at radius 3 is 2.16 bits per heavy atom. The molecular weight excluding hydrogens is 410 g/mol. The standard InChI is InChI=1S/C21H29NO9/c1-12(2)11-28-21(27)29-13(3)10-22-17(20(25)26)8-16-6-7-18(30-14(4)23)19(9-16)31-15(5)24/h6-7,9,12-13,17,22H,8,10-11H2,1-5H3,(H,25,26)/t13?,17-/m0/s1. The maximum atomic E-state index is 11.6. The Balaban J connectivity index is 2.77. The first-order valence-corrected chi connectivity index (χ1v) is 9.77. The van der Waals surface area contributed by atoms with E-state index in [-0.39, 0.29) is 37.0 Å². The second-order valence-corrected chi connectivity index (χ2v) is 7.35. The summed E-state index contributed by atoms with van der Waals surface area (Å²) in [5.41, 5.74) is 0.525. The minimum atomic E-state index is -1.12. The molecule has 10 nitrogen and oxygen atoms in total. The Labute approximate surface area is 180 Å². The Bertz CT molecular complexity index is 791. The predicted molar refractivity (Wildman–Crippen MR) is 109 cm³/mol. The van der Waals surface area contributed by atoms with Crippen LogP contribution in [0.4, 0.5) is 4.79 Å². The van der Waals surface area contributed by atoms with E-state index in [9.17, 15) is 24.3 Å². The first kappa shape index (κ1) is 25.9. The Hall–Kier alpha value is -3.14. The van der Waals surface area contributed by atoms with Crippen LogP contribution in [-0.4, -0.2) is 54.5 Å². The van der Waals surface area contributed by atoms with Crippen LogP contribution in [0.1, 0.15) is 40.2 Å². The summed E-state index contributed by atoms with van der Waals surface area (Å²) in [7, 11) is 0. The maximum absolute atomic E-state index is 11.6. The number of hydrogen-bond donors (Lipinski definition) is 2. The zero-order chi connectivity index (χ0) is 23.6. The molecule has 0 aliphatic heterocycles. The molecule has 0 aromatic heterocycles. The lowest BCUT2D eigenvalue weighted by Crippen LogP contribution is -2.42. The fourth-order valence-electron chi connectivity index (χ4n) is 2.42. The van der Waals surface area contributed by atoms with Crippen LogP contribution in [0.25, 0.3) is 0 Å². The molecule has 31 heavy (non-hydrogen) atoms. The summed E-state index contributed by atoms with van der Waals surface area (Å²) >= 11 is 0. The van der Waals surface area contributed by atoms with Gasteiger partial charge in [0.15, 0.2) is 11.5 Å². The lowest BCUT2D eigenvalue weighted by atomic mass is 10.0. The lowest BCUT2D eigenvalue weighted by Gasteiger charge is -2.19. The van der Waals surface area contributed by atoms with Crippen molar-refractivity contribution in [3.05, 3.63) is 23.8 Å². The quantitative estimate of drug-likeness (QED) is 0.390. The van der Waals surface area contributed by atoms with Gasteiger partial charge in [-0.15, -0.1) is 0 Å². The second-order valence-electron chi connectivity index (χ2n) is 7.35. The van der Waals surface area contributed by atoms with E-state index < -0.39 is 36.2 Å². The highest BCUT2D eigenvalue weighted by Crippen LogP contribution is 2.29. The molecule has 0 bridgehead atoms. The second kappa shape index (κ2) is 12.5. The highest BCUT2D eigenvalue weighted by atomic mass is 16.7. The number of carbonyl (C=O) groups is 4. The normalized spacial score (nSPS) is 12.6. The Kier molecular flexibility index (Phi) is 10.5. The number of carboxylic acids is 1.